The molecular weight excluding hydrogens is 521 g/mol. The Labute approximate surface area is 243 Å². The number of likely N-dealkylation sites (N-methyl/N-ethyl adjacent to an activating group) is 2. The molecule has 5 aliphatic rings. The summed E-state index contributed by atoms with van der Waals surface area (Å²) in [5, 5.41) is 17.1. The van der Waals surface area contributed by atoms with Gasteiger partial charge in [0, 0.05) is 67.9 Å². The summed E-state index contributed by atoms with van der Waals surface area (Å²) < 4.78 is 21.9. The van der Waals surface area contributed by atoms with Gasteiger partial charge >= 0.3 is 0 Å². The van der Waals surface area contributed by atoms with Crippen molar-refractivity contribution in [3.05, 3.63) is 42.2 Å². The van der Waals surface area contributed by atoms with Crippen LogP contribution < -0.4 is 15.5 Å². The third-order valence-electron chi connectivity index (χ3n) is 10.5. The van der Waals surface area contributed by atoms with Crippen LogP contribution in [0, 0.1) is 23.1 Å². The van der Waals surface area contributed by atoms with Gasteiger partial charge in [0.15, 0.2) is 6.35 Å². The van der Waals surface area contributed by atoms with E-state index in [-0.39, 0.29) is 48.2 Å². The van der Waals surface area contributed by atoms with Crippen LogP contribution in [-0.2, 0) is 14.9 Å². The number of nitrogens with one attached hydrogen (secondary N) is 2. The van der Waals surface area contributed by atoms with Gasteiger partial charge in [-0.15, -0.1) is 0 Å². The fourth-order valence-corrected chi connectivity index (χ4v) is 8.43. The average Bonchev–Trinajstić information content (AvgIpc) is 3.51. The number of ether oxygens (including phenoxy) is 1. The lowest BCUT2D eigenvalue weighted by atomic mass is 9.64. The number of carbonyl (C=O) groups excluding carboxylic acids is 1. The van der Waals surface area contributed by atoms with E-state index in [2.05, 4.69) is 52.1 Å². The second-order valence-corrected chi connectivity index (χ2v) is 12.8. The molecule has 0 bridgehead atoms. The Morgan fingerprint density at radius 2 is 2.10 bits per heavy atom. The topological polar surface area (TPSA) is 87.1 Å². The molecule has 222 valence electrons. The number of anilines is 1. The number of carbonyl (C=O) groups is 1. The summed E-state index contributed by atoms with van der Waals surface area (Å²) in [5.41, 5.74) is 1.64. The highest BCUT2D eigenvalue weighted by Gasteiger charge is 2.53. The van der Waals surface area contributed by atoms with Gasteiger partial charge in [0.05, 0.1) is 31.3 Å². The van der Waals surface area contributed by atoms with Crippen LogP contribution in [0.15, 0.2) is 30.9 Å². The number of nitrogens with zero attached hydrogens (tertiary/aromatic N) is 5. The van der Waals surface area contributed by atoms with Gasteiger partial charge in [-0.05, 0) is 63.9 Å². The van der Waals surface area contributed by atoms with E-state index in [1.807, 2.05) is 12.1 Å². The summed E-state index contributed by atoms with van der Waals surface area (Å²) >= 11 is 0. The zero-order valence-electron chi connectivity index (χ0n) is 24.4. The van der Waals surface area contributed by atoms with Gasteiger partial charge in [-0.3, -0.25) is 20.3 Å². The number of hydrogen-bond acceptors (Lipinski definition) is 8. The molecule has 4 heterocycles. The van der Waals surface area contributed by atoms with Crippen LogP contribution in [0.4, 0.5) is 10.1 Å². The van der Waals surface area contributed by atoms with E-state index in [1.54, 1.807) is 11.0 Å². The SMILES string of the molecule is C=CC(=O)N1CCN(C2NC(OC[C@H]3CCCN3C)NC3C[C@]4(CCC32)CN(C)c2cccc(F)c24)C[C@H]1CC#N. The summed E-state index contributed by atoms with van der Waals surface area (Å²) in [6, 6.07) is 8.11. The number of piperazine rings is 1. The van der Waals surface area contributed by atoms with Crippen molar-refractivity contribution in [3.8, 4) is 6.07 Å². The number of halogens is 1. The van der Waals surface area contributed by atoms with E-state index in [1.165, 1.54) is 12.5 Å². The van der Waals surface area contributed by atoms with Crippen LogP contribution >= 0.6 is 0 Å². The lowest BCUT2D eigenvalue weighted by molar-refractivity contribution is -0.136. The van der Waals surface area contributed by atoms with Crippen molar-refractivity contribution < 1.29 is 13.9 Å². The molecular formula is C31H44FN7O2. The van der Waals surface area contributed by atoms with Crippen LogP contribution in [-0.4, -0.2) is 105 Å². The molecule has 1 aromatic carbocycles. The number of nitriles is 1. The highest BCUT2D eigenvalue weighted by molar-refractivity contribution is 5.87. The third kappa shape index (κ3) is 5.28. The van der Waals surface area contributed by atoms with Crippen molar-refractivity contribution in [2.24, 2.45) is 5.92 Å². The van der Waals surface area contributed by atoms with Gasteiger partial charge in [0.25, 0.3) is 0 Å². The minimum absolute atomic E-state index is 0.0336. The third-order valence-corrected chi connectivity index (χ3v) is 10.5. The van der Waals surface area contributed by atoms with Crippen LogP contribution in [0.25, 0.3) is 0 Å². The fourth-order valence-electron chi connectivity index (χ4n) is 8.43. The Morgan fingerprint density at radius 3 is 2.85 bits per heavy atom. The summed E-state index contributed by atoms with van der Waals surface area (Å²) in [5.74, 6) is 0.0731. The molecule has 4 unspecified atom stereocenters. The van der Waals surface area contributed by atoms with E-state index in [0.29, 0.717) is 38.2 Å². The molecule has 10 heteroatoms. The van der Waals surface area contributed by atoms with Crippen LogP contribution in [0.5, 0.6) is 0 Å². The first-order valence-corrected chi connectivity index (χ1v) is 15.2. The molecule has 0 radical (unpaired) electrons. The Bertz CT molecular complexity index is 1190. The molecule has 1 aromatic rings. The second-order valence-electron chi connectivity index (χ2n) is 12.8. The molecule has 1 amide bonds. The maximum atomic E-state index is 15.4. The van der Waals surface area contributed by atoms with Gasteiger partial charge < -0.3 is 19.4 Å². The van der Waals surface area contributed by atoms with Gasteiger partial charge in [-0.2, -0.15) is 5.26 Å². The fraction of sp³-hybridized carbons (Fsp3) is 0.677. The van der Waals surface area contributed by atoms with Crippen molar-refractivity contribution >= 4 is 11.6 Å². The maximum Gasteiger partial charge on any atom is 0.246 e. The lowest BCUT2D eigenvalue weighted by Crippen LogP contribution is -2.73. The standard InChI is InChI=1S/C31H44FN7O2/c1-4-27(40)39-16-15-38(18-21(39)11-13-33)29-23-10-12-31(20-37(3)26-9-5-8-24(32)28(26)31)17-25(23)34-30(35-29)41-19-22-7-6-14-36(22)2/h4-5,8-9,21-23,25,29-30,34-35H,1,6-7,10-12,14-20H2,2-3H3/t21-,22-,23?,25?,29?,30?,31-/m1/s1. The minimum Gasteiger partial charge on any atom is -0.373 e. The highest BCUT2D eigenvalue weighted by atomic mass is 19.1. The molecule has 4 fully saturated rings. The molecule has 6 rings (SSSR count). The highest BCUT2D eigenvalue weighted by Crippen LogP contribution is 2.52. The average molecular weight is 566 g/mol. The van der Waals surface area contributed by atoms with E-state index in [9.17, 15) is 10.1 Å². The molecule has 7 atom stereocenters. The lowest BCUT2D eigenvalue weighted by Gasteiger charge is -2.55. The summed E-state index contributed by atoms with van der Waals surface area (Å²) in [6.45, 7) is 8.13. The minimum atomic E-state index is -0.327. The van der Waals surface area contributed by atoms with Gasteiger partial charge in [0.1, 0.15) is 5.82 Å². The van der Waals surface area contributed by atoms with Crippen LogP contribution in [0.1, 0.15) is 44.1 Å². The predicted molar refractivity (Wildman–Crippen MR) is 155 cm³/mol. The molecule has 3 saturated heterocycles. The van der Waals surface area contributed by atoms with Gasteiger partial charge in [-0.25, -0.2) is 4.39 Å². The molecule has 1 spiro atoms. The smallest absolute Gasteiger partial charge is 0.246 e. The van der Waals surface area contributed by atoms with Gasteiger partial charge in [-0.1, -0.05) is 12.6 Å². The van der Waals surface area contributed by atoms with Crippen LogP contribution in [0.3, 0.4) is 0 Å². The summed E-state index contributed by atoms with van der Waals surface area (Å²) in [4.78, 5) is 21.3. The molecule has 1 aliphatic carbocycles. The summed E-state index contributed by atoms with van der Waals surface area (Å²) in [7, 11) is 4.23. The second kappa shape index (κ2) is 11.6. The van der Waals surface area contributed by atoms with E-state index in [4.69, 9.17) is 4.74 Å². The number of benzene rings is 1. The molecule has 2 N–H and O–H groups in total. The van der Waals surface area contributed by atoms with Crippen molar-refractivity contribution in [1.29, 1.82) is 5.26 Å². The Hall–Kier alpha value is -2.55. The molecule has 1 saturated carbocycles. The quantitative estimate of drug-likeness (QED) is 0.508. The normalized spacial score (nSPS) is 35.8. The molecule has 41 heavy (non-hydrogen) atoms. The number of amides is 1. The van der Waals surface area contributed by atoms with Crippen molar-refractivity contribution in [1.82, 2.24) is 25.3 Å². The molecule has 4 aliphatic heterocycles. The monoisotopic (exact) mass is 565 g/mol. The van der Waals surface area contributed by atoms with Crippen molar-refractivity contribution in [2.75, 3.05) is 58.3 Å². The maximum absolute atomic E-state index is 15.4. The first-order valence-electron chi connectivity index (χ1n) is 15.2. The van der Waals surface area contributed by atoms with E-state index < -0.39 is 0 Å². The molecule has 0 aromatic heterocycles. The number of rotatable bonds is 6. The first kappa shape index (κ1) is 28.6. The van der Waals surface area contributed by atoms with Crippen molar-refractivity contribution in [2.45, 2.75) is 74.6 Å². The number of fused-ring (bicyclic) bond motifs is 3. The van der Waals surface area contributed by atoms with Crippen molar-refractivity contribution in [3.63, 3.8) is 0 Å². The predicted octanol–water partition coefficient (Wildman–Crippen LogP) is 2.21. The Morgan fingerprint density at radius 1 is 1.24 bits per heavy atom. The van der Waals surface area contributed by atoms with Gasteiger partial charge in [0.2, 0.25) is 5.91 Å². The number of hydrogen-bond donors (Lipinski definition) is 2. The molecule has 9 nitrogen and oxygen atoms in total. The number of likely N-dealkylation sites (tertiary alicyclic amines) is 1. The first-order chi connectivity index (χ1) is 19.8. The summed E-state index contributed by atoms with van der Waals surface area (Å²) in [6.07, 6.45) is 6.38. The van der Waals surface area contributed by atoms with E-state index in [0.717, 1.165) is 50.0 Å². The zero-order valence-corrected chi connectivity index (χ0v) is 24.4. The van der Waals surface area contributed by atoms with Crippen LogP contribution in [0.2, 0.25) is 0 Å². The zero-order chi connectivity index (χ0) is 28.7. The Balaban J connectivity index is 1.25. The Kier molecular flexibility index (Phi) is 8.09. The largest absolute Gasteiger partial charge is 0.373 e. The van der Waals surface area contributed by atoms with E-state index >= 15 is 4.39 Å².